The van der Waals surface area contributed by atoms with Crippen LogP contribution in [0.1, 0.15) is 66.4 Å². The van der Waals surface area contributed by atoms with E-state index in [-0.39, 0.29) is 46.3 Å². The van der Waals surface area contributed by atoms with Crippen LogP contribution in [0.2, 0.25) is 5.02 Å². The van der Waals surface area contributed by atoms with Crippen LogP contribution in [-0.4, -0.2) is 52.7 Å². The van der Waals surface area contributed by atoms with Crippen molar-refractivity contribution in [3.05, 3.63) is 81.3 Å². The van der Waals surface area contributed by atoms with Crippen molar-refractivity contribution in [1.82, 2.24) is 29.5 Å². The Balaban J connectivity index is 1.44. The van der Waals surface area contributed by atoms with Gasteiger partial charge in [0.15, 0.2) is 22.3 Å². The summed E-state index contributed by atoms with van der Waals surface area (Å²) >= 11 is 7.69. The molecular weight excluding hydrogens is 791 g/mol. The van der Waals surface area contributed by atoms with E-state index in [0.717, 1.165) is 23.5 Å². The maximum atomic E-state index is 16.1. The molecule has 6 aromatic rings. The molecule has 2 aliphatic carbocycles. The zero-order valence-corrected chi connectivity index (χ0v) is 31.1. The molecular formula is C36H31ClF7N9O2S. The topological polar surface area (TPSA) is 163 Å². The van der Waals surface area contributed by atoms with Gasteiger partial charge in [-0.1, -0.05) is 29.0 Å². The fourth-order valence-corrected chi connectivity index (χ4v) is 8.92. The van der Waals surface area contributed by atoms with Gasteiger partial charge in [-0.25, -0.2) is 23.4 Å². The number of primary amides is 1. The molecule has 8 rings (SSSR count). The molecule has 1 fully saturated rings. The van der Waals surface area contributed by atoms with Crippen LogP contribution in [0, 0.1) is 17.6 Å². The molecule has 56 heavy (non-hydrogen) atoms. The van der Waals surface area contributed by atoms with Crippen LogP contribution < -0.4 is 16.8 Å². The summed E-state index contributed by atoms with van der Waals surface area (Å²) in [6, 6.07) is 5.07. The number of pyridine rings is 1. The number of aliphatic hydroxyl groups is 1. The summed E-state index contributed by atoms with van der Waals surface area (Å²) in [4.78, 5) is 23.1. The number of alkyl halides is 5. The Hall–Kier alpha value is -5.01. The van der Waals surface area contributed by atoms with Gasteiger partial charge >= 0.3 is 6.18 Å². The zero-order chi connectivity index (χ0) is 40.4. The third kappa shape index (κ3) is 6.28. The second-order valence-electron chi connectivity index (χ2n) is 14.8. The van der Waals surface area contributed by atoms with E-state index < -0.39 is 82.4 Å². The molecule has 6 N–H and O–H groups in total. The van der Waals surface area contributed by atoms with Crippen molar-refractivity contribution in [2.75, 3.05) is 17.6 Å². The van der Waals surface area contributed by atoms with Crippen molar-refractivity contribution in [2.24, 2.45) is 18.7 Å². The summed E-state index contributed by atoms with van der Waals surface area (Å²) < 4.78 is 107. The number of hydrogen-bond acceptors (Lipinski definition) is 9. The molecule has 0 spiro atoms. The highest BCUT2D eigenvalue weighted by Gasteiger charge is 2.69. The first-order chi connectivity index (χ1) is 26.1. The van der Waals surface area contributed by atoms with Gasteiger partial charge in [-0.3, -0.25) is 9.48 Å². The lowest BCUT2D eigenvalue weighted by molar-refractivity contribution is -0.142. The van der Waals surface area contributed by atoms with Crippen LogP contribution >= 0.6 is 22.9 Å². The first-order valence-electron chi connectivity index (χ1n) is 17.1. The van der Waals surface area contributed by atoms with Gasteiger partial charge in [0, 0.05) is 48.2 Å². The molecule has 0 radical (unpaired) electrons. The number of carbonyl (C=O) groups excluding carboxylic acids is 1. The Morgan fingerprint density at radius 1 is 1.11 bits per heavy atom. The molecule has 0 bridgehead atoms. The summed E-state index contributed by atoms with van der Waals surface area (Å²) in [5, 5.41) is 22.2. The number of amides is 1. The van der Waals surface area contributed by atoms with Gasteiger partial charge in [0.2, 0.25) is 5.91 Å². The van der Waals surface area contributed by atoms with Crippen LogP contribution in [0.3, 0.4) is 0 Å². The summed E-state index contributed by atoms with van der Waals surface area (Å²) in [6.07, 6.45) is -5.95. The van der Waals surface area contributed by atoms with E-state index in [0.29, 0.717) is 37.0 Å². The van der Waals surface area contributed by atoms with E-state index in [1.54, 1.807) is 33.0 Å². The lowest BCUT2D eigenvalue weighted by atomic mass is 9.84. The normalized spacial score (nSPS) is 18.6. The Kier molecular flexibility index (Phi) is 8.63. The van der Waals surface area contributed by atoms with Crippen LogP contribution in [-0.2, 0) is 30.4 Å². The maximum absolute atomic E-state index is 16.1. The number of nitrogens with one attached hydrogen (secondary N) is 1. The maximum Gasteiger partial charge on any atom is 0.435 e. The SMILES string of the molecule is Cn1nc(N)c2c(Cl)ccc(-c3cc4sc(NCC(C)(C)O)nc4nc3[C@@H](Cc3cc(F)cc(F)c3)C(C(N)=O)n3nc(C(F)(F)F)c4c3C(F)(F)[C@@H]3C[C@H]43)c21. The van der Waals surface area contributed by atoms with E-state index in [4.69, 9.17) is 28.1 Å². The number of benzene rings is 2. The van der Waals surface area contributed by atoms with Crippen LogP contribution in [0.15, 0.2) is 36.4 Å². The van der Waals surface area contributed by atoms with Gasteiger partial charge in [-0.05, 0) is 62.4 Å². The number of anilines is 2. The zero-order valence-electron chi connectivity index (χ0n) is 29.5. The average Bonchev–Trinajstić information content (AvgIpc) is 3.34. The van der Waals surface area contributed by atoms with Gasteiger partial charge in [0.1, 0.15) is 23.4 Å². The fraction of sp³-hybridized carbons (Fsp3) is 0.361. The van der Waals surface area contributed by atoms with Crippen molar-refractivity contribution in [3.63, 3.8) is 0 Å². The molecule has 0 aliphatic heterocycles. The highest BCUT2D eigenvalue weighted by Crippen LogP contribution is 2.69. The predicted molar refractivity (Wildman–Crippen MR) is 194 cm³/mol. The number of rotatable bonds is 10. The largest absolute Gasteiger partial charge is 0.435 e. The minimum atomic E-state index is -5.18. The van der Waals surface area contributed by atoms with Gasteiger partial charge in [-0.15, -0.1) is 0 Å². The minimum absolute atomic E-state index is 0.0496. The Labute approximate surface area is 321 Å². The summed E-state index contributed by atoms with van der Waals surface area (Å²) in [7, 11) is 1.58. The first kappa shape index (κ1) is 37.9. The molecule has 20 heteroatoms. The monoisotopic (exact) mass is 821 g/mol. The average molecular weight is 822 g/mol. The number of aromatic nitrogens is 6. The molecule has 1 saturated carbocycles. The van der Waals surface area contributed by atoms with Crippen LogP contribution in [0.5, 0.6) is 0 Å². The first-order valence-corrected chi connectivity index (χ1v) is 18.3. The molecule has 2 aromatic carbocycles. The molecule has 4 atom stereocenters. The van der Waals surface area contributed by atoms with E-state index in [1.807, 2.05) is 0 Å². The summed E-state index contributed by atoms with van der Waals surface area (Å²) in [5.41, 5.74) is 8.41. The van der Waals surface area contributed by atoms with E-state index in [1.165, 1.54) is 10.7 Å². The lowest BCUT2D eigenvalue weighted by Crippen LogP contribution is -2.37. The predicted octanol–water partition coefficient (Wildman–Crippen LogP) is 7.42. The minimum Gasteiger partial charge on any atom is -0.389 e. The van der Waals surface area contributed by atoms with Crippen molar-refractivity contribution in [2.45, 2.75) is 62.3 Å². The summed E-state index contributed by atoms with van der Waals surface area (Å²) in [6.45, 7) is 3.21. The quantitative estimate of drug-likeness (QED) is 0.104. The highest BCUT2D eigenvalue weighted by molar-refractivity contribution is 7.22. The number of nitrogens with two attached hydrogens (primary N) is 2. The number of nitrogen functional groups attached to an aromatic ring is 1. The second-order valence-corrected chi connectivity index (χ2v) is 16.3. The lowest BCUT2D eigenvalue weighted by Gasteiger charge is -2.29. The van der Waals surface area contributed by atoms with Gasteiger partial charge in [0.25, 0.3) is 5.92 Å². The molecule has 0 saturated heterocycles. The third-order valence-electron chi connectivity index (χ3n) is 10.2. The number of hydrogen-bond donors (Lipinski definition) is 4. The van der Waals surface area contributed by atoms with E-state index >= 15 is 8.78 Å². The Bertz CT molecular complexity index is 2580. The van der Waals surface area contributed by atoms with Crippen molar-refractivity contribution in [3.8, 4) is 11.1 Å². The van der Waals surface area contributed by atoms with E-state index in [9.17, 15) is 31.9 Å². The Morgan fingerprint density at radius 2 is 1.80 bits per heavy atom. The highest BCUT2D eigenvalue weighted by atomic mass is 35.5. The number of thiazole rings is 1. The molecule has 4 aromatic heterocycles. The number of fused-ring (bicyclic) bond motifs is 5. The van der Waals surface area contributed by atoms with Crippen molar-refractivity contribution >= 4 is 61.0 Å². The van der Waals surface area contributed by atoms with Gasteiger partial charge in [0.05, 0.1) is 31.9 Å². The number of carbonyl (C=O) groups is 1. The standard InChI is InChI=1S/C36H31ClF7N9O2S/c1-34(2,55)12-47-33-49-32-22(56-33)11-17(16-4-5-21(37)24-26(16)52(3)51-30(24)45)25(48-32)19(8-13-6-14(38)9-15(39)7-13)27(31(46)54)53-29-23(28(50-53)36(42,43)44)18-10-20(18)35(29,40)41/h4-7,9,11,18-20,27,55H,8,10,12H2,1-3H3,(H2,45,51)(H2,46,54)(H,47,48,49)/t18-,19+,20+,27?/m0/s1. The third-order valence-corrected chi connectivity index (χ3v) is 11.4. The van der Waals surface area contributed by atoms with Gasteiger partial charge in [-0.2, -0.15) is 32.1 Å². The molecule has 11 nitrogen and oxygen atoms in total. The summed E-state index contributed by atoms with van der Waals surface area (Å²) in [5.74, 6) is -11.4. The molecule has 1 unspecified atom stereocenters. The molecule has 1 amide bonds. The van der Waals surface area contributed by atoms with Crippen molar-refractivity contribution < 1.29 is 40.6 Å². The smallest absolute Gasteiger partial charge is 0.389 e. The van der Waals surface area contributed by atoms with Crippen molar-refractivity contribution in [1.29, 1.82) is 0 Å². The second kappa shape index (κ2) is 12.8. The molecule has 4 heterocycles. The number of nitrogens with zero attached hydrogens (tertiary/aromatic N) is 6. The number of aryl methyl sites for hydroxylation is 1. The van der Waals surface area contributed by atoms with Crippen LogP contribution in [0.25, 0.3) is 32.4 Å². The van der Waals surface area contributed by atoms with E-state index in [2.05, 4.69) is 20.5 Å². The van der Waals surface area contributed by atoms with Crippen LogP contribution in [0.4, 0.5) is 41.7 Å². The Morgan fingerprint density at radius 3 is 2.45 bits per heavy atom. The molecule has 2 aliphatic rings. The molecule has 294 valence electrons. The fourth-order valence-electron chi connectivity index (χ4n) is 7.83. The number of halogens is 8. The van der Waals surface area contributed by atoms with Gasteiger partial charge < -0.3 is 21.9 Å².